The van der Waals surface area contributed by atoms with E-state index in [1.54, 1.807) is 18.6 Å². The molecule has 0 atom stereocenters. The van der Waals surface area contributed by atoms with E-state index in [9.17, 15) is 0 Å². The molecule has 3 aromatic heterocycles. The van der Waals surface area contributed by atoms with Crippen LogP contribution in [-0.2, 0) is 0 Å². The van der Waals surface area contributed by atoms with Crippen molar-refractivity contribution in [3.63, 3.8) is 0 Å². The van der Waals surface area contributed by atoms with Gasteiger partial charge in [-0.15, -0.1) is 0 Å². The lowest BCUT2D eigenvalue weighted by Crippen LogP contribution is -2.29. The van der Waals surface area contributed by atoms with Gasteiger partial charge in [0.05, 0.1) is 23.1 Å². The van der Waals surface area contributed by atoms with E-state index in [-0.39, 0.29) is 0 Å². The number of H-pyrrole nitrogens is 2. The molecular weight excluding hydrogens is 372 g/mol. The molecule has 2 N–H and O–H groups in total. The summed E-state index contributed by atoms with van der Waals surface area (Å²) in [7, 11) is 0. The number of aromatic amines is 2. The second-order valence-electron chi connectivity index (χ2n) is 7.89. The van der Waals surface area contributed by atoms with Crippen molar-refractivity contribution in [3.8, 4) is 22.6 Å². The Hall–Kier alpha value is -3.67. The third-order valence-corrected chi connectivity index (χ3v) is 6.01. The molecule has 6 nitrogen and oxygen atoms in total. The third kappa shape index (κ3) is 2.84. The zero-order chi connectivity index (χ0) is 19.9. The van der Waals surface area contributed by atoms with Gasteiger partial charge in [0.25, 0.3) is 0 Å². The van der Waals surface area contributed by atoms with Gasteiger partial charge in [0.2, 0.25) is 0 Å². The first kappa shape index (κ1) is 17.2. The number of fused-ring (bicyclic) bond motifs is 2. The molecule has 2 aromatic carbocycles. The second-order valence-corrected chi connectivity index (χ2v) is 7.89. The van der Waals surface area contributed by atoms with Crippen molar-refractivity contribution in [1.82, 2.24) is 25.1 Å². The van der Waals surface area contributed by atoms with Crippen molar-refractivity contribution >= 4 is 27.5 Å². The predicted molar refractivity (Wildman–Crippen MR) is 120 cm³/mol. The molecular formula is C24H22N6. The van der Waals surface area contributed by atoms with Gasteiger partial charge in [-0.1, -0.05) is 12.1 Å². The van der Waals surface area contributed by atoms with E-state index in [4.69, 9.17) is 0 Å². The number of aromatic nitrogens is 5. The quantitative estimate of drug-likeness (QED) is 0.443. The molecule has 6 rings (SSSR count). The minimum atomic E-state index is 0.857. The molecule has 1 fully saturated rings. The average Bonchev–Trinajstić information content (AvgIpc) is 3.43. The Kier molecular flexibility index (Phi) is 4.01. The van der Waals surface area contributed by atoms with Crippen LogP contribution in [0, 0.1) is 0 Å². The highest BCUT2D eigenvalue weighted by molar-refractivity contribution is 6.00. The van der Waals surface area contributed by atoms with Crippen LogP contribution in [0.3, 0.4) is 0 Å². The lowest BCUT2D eigenvalue weighted by atomic mass is 10.1. The van der Waals surface area contributed by atoms with Gasteiger partial charge in [-0.25, -0.2) is 0 Å². The van der Waals surface area contributed by atoms with E-state index in [0.717, 1.165) is 52.2 Å². The fourth-order valence-electron chi connectivity index (χ4n) is 4.50. The molecule has 6 heteroatoms. The molecule has 0 unspecified atom stereocenters. The summed E-state index contributed by atoms with van der Waals surface area (Å²) < 4.78 is 0. The van der Waals surface area contributed by atoms with Gasteiger partial charge >= 0.3 is 0 Å². The Bertz CT molecular complexity index is 1330. The molecule has 0 saturated carbocycles. The smallest absolute Gasteiger partial charge is 0.116 e. The van der Waals surface area contributed by atoms with Crippen molar-refractivity contribution in [3.05, 3.63) is 61.1 Å². The molecule has 30 heavy (non-hydrogen) atoms. The summed E-state index contributed by atoms with van der Waals surface area (Å²) in [6.07, 6.45) is 9.06. The summed E-state index contributed by atoms with van der Waals surface area (Å²) in [5.41, 5.74) is 7.31. The van der Waals surface area contributed by atoms with Crippen LogP contribution in [0.5, 0.6) is 0 Å². The van der Waals surface area contributed by atoms with Crippen LogP contribution in [0.4, 0.5) is 5.69 Å². The fourth-order valence-corrected chi connectivity index (χ4v) is 4.50. The van der Waals surface area contributed by atoms with Crippen LogP contribution in [-0.4, -0.2) is 38.2 Å². The second kappa shape index (κ2) is 6.99. The summed E-state index contributed by atoms with van der Waals surface area (Å²) >= 11 is 0. The van der Waals surface area contributed by atoms with Crippen LogP contribution >= 0.6 is 0 Å². The van der Waals surface area contributed by atoms with Gasteiger partial charge in [-0.2, -0.15) is 5.10 Å². The molecule has 0 spiro atoms. The number of benzene rings is 2. The molecule has 0 amide bonds. The van der Waals surface area contributed by atoms with Crippen LogP contribution in [0.1, 0.15) is 19.3 Å². The molecule has 0 bridgehead atoms. The number of rotatable bonds is 3. The van der Waals surface area contributed by atoms with Crippen LogP contribution < -0.4 is 4.90 Å². The third-order valence-electron chi connectivity index (χ3n) is 6.01. The molecule has 148 valence electrons. The largest absolute Gasteiger partial charge is 0.371 e. The molecule has 1 saturated heterocycles. The monoisotopic (exact) mass is 394 g/mol. The Morgan fingerprint density at radius 2 is 1.80 bits per heavy atom. The Morgan fingerprint density at radius 3 is 2.67 bits per heavy atom. The number of nitrogens with zero attached hydrogens (tertiary/aromatic N) is 4. The Labute approximate surface area is 174 Å². The first-order valence-electron chi connectivity index (χ1n) is 10.5. The predicted octanol–water partition coefficient (Wildman–Crippen LogP) is 5.16. The normalized spacial score (nSPS) is 14.6. The van der Waals surface area contributed by atoms with Crippen LogP contribution in [0.2, 0.25) is 0 Å². The molecule has 1 aliphatic rings. The van der Waals surface area contributed by atoms with Crippen molar-refractivity contribution in [2.45, 2.75) is 19.3 Å². The first-order valence-corrected chi connectivity index (χ1v) is 10.5. The lowest BCUT2D eigenvalue weighted by Gasteiger charge is -2.29. The number of hydrogen-bond acceptors (Lipinski definition) is 4. The van der Waals surface area contributed by atoms with Crippen molar-refractivity contribution in [2.75, 3.05) is 18.0 Å². The van der Waals surface area contributed by atoms with E-state index >= 15 is 0 Å². The number of nitrogens with one attached hydrogen (secondary N) is 2. The highest BCUT2D eigenvalue weighted by atomic mass is 15.1. The minimum Gasteiger partial charge on any atom is -0.371 e. The molecule has 4 heterocycles. The molecule has 1 aliphatic heterocycles. The van der Waals surface area contributed by atoms with Gasteiger partial charge in [-0.05, 0) is 49.6 Å². The topological polar surface area (TPSA) is 73.5 Å². The Balaban J connectivity index is 1.47. The number of anilines is 1. The fraction of sp³-hybridized carbons (Fsp3) is 0.208. The molecule has 5 aromatic rings. The zero-order valence-electron chi connectivity index (χ0n) is 16.6. The maximum atomic E-state index is 4.63. The van der Waals surface area contributed by atoms with E-state index in [1.165, 1.54) is 30.3 Å². The van der Waals surface area contributed by atoms with Crippen molar-refractivity contribution < 1.29 is 0 Å². The van der Waals surface area contributed by atoms with Gasteiger partial charge in [0.15, 0.2) is 0 Å². The maximum Gasteiger partial charge on any atom is 0.116 e. The summed E-state index contributed by atoms with van der Waals surface area (Å²) in [5.74, 6) is 0. The van der Waals surface area contributed by atoms with E-state index < -0.39 is 0 Å². The van der Waals surface area contributed by atoms with Crippen molar-refractivity contribution in [2.24, 2.45) is 0 Å². The highest BCUT2D eigenvalue weighted by Gasteiger charge is 2.17. The van der Waals surface area contributed by atoms with Gasteiger partial charge in [-0.3, -0.25) is 15.1 Å². The van der Waals surface area contributed by atoms with Gasteiger partial charge in [0.1, 0.15) is 5.69 Å². The average molecular weight is 394 g/mol. The van der Waals surface area contributed by atoms with Gasteiger partial charge in [0, 0.05) is 53.0 Å². The first-order chi connectivity index (χ1) is 14.9. The van der Waals surface area contributed by atoms with Crippen molar-refractivity contribution in [1.29, 1.82) is 0 Å². The maximum absolute atomic E-state index is 4.63. The summed E-state index contributed by atoms with van der Waals surface area (Å²) in [4.78, 5) is 14.7. The summed E-state index contributed by atoms with van der Waals surface area (Å²) in [5, 5.41) is 10.1. The number of piperidine rings is 1. The summed E-state index contributed by atoms with van der Waals surface area (Å²) in [6.45, 7) is 2.26. The highest BCUT2D eigenvalue weighted by Crippen LogP contribution is 2.35. The van der Waals surface area contributed by atoms with E-state index in [2.05, 4.69) is 66.4 Å². The molecule has 0 radical (unpaired) electrons. The van der Waals surface area contributed by atoms with Crippen LogP contribution in [0.25, 0.3) is 44.5 Å². The van der Waals surface area contributed by atoms with E-state index in [1.807, 2.05) is 6.07 Å². The lowest BCUT2D eigenvalue weighted by molar-refractivity contribution is 0.579. The standard InChI is InChI=1S/C24H22N6/c1-2-11-30(12-3-1)23-6-4-5-19-17(23)14-21(27-19)24-18-13-16(7-8-20(18)28-29-24)22-15-25-9-10-26-22/h4-10,13-15,27H,1-3,11-12H2,(H,28,29). The summed E-state index contributed by atoms with van der Waals surface area (Å²) in [6, 6.07) is 15.0. The van der Waals surface area contributed by atoms with Gasteiger partial charge < -0.3 is 9.88 Å². The minimum absolute atomic E-state index is 0.857. The van der Waals surface area contributed by atoms with Crippen LogP contribution in [0.15, 0.2) is 61.1 Å². The number of hydrogen-bond donors (Lipinski definition) is 2. The zero-order valence-corrected chi connectivity index (χ0v) is 16.6. The SMILES string of the molecule is c1cc(N2CCCCC2)c2cc(-c3n[nH]c4ccc(-c5cnccn5)cc34)[nH]c2c1. The Morgan fingerprint density at radius 1 is 0.867 bits per heavy atom. The molecule has 0 aliphatic carbocycles. The van der Waals surface area contributed by atoms with E-state index in [0.29, 0.717) is 0 Å².